The van der Waals surface area contributed by atoms with Gasteiger partial charge in [-0.1, -0.05) is 103 Å². The normalized spacial score (nSPS) is 14.9. The third kappa shape index (κ3) is 20.4. The average molecular weight is 506 g/mol. The highest BCUT2D eigenvalue weighted by atomic mass is 32.2. The van der Waals surface area contributed by atoms with E-state index < -0.39 is 40.0 Å². The van der Waals surface area contributed by atoms with Crippen LogP contribution in [0.5, 0.6) is 0 Å². The van der Waals surface area contributed by atoms with Gasteiger partial charge < -0.3 is 15.5 Å². The second-order valence-corrected chi connectivity index (χ2v) is 11.0. The molecule has 0 spiro atoms. The van der Waals surface area contributed by atoms with E-state index in [0.29, 0.717) is 19.3 Å². The summed E-state index contributed by atoms with van der Waals surface area (Å²) in [7, 11) is -4.38. The number of aliphatic hydroxyl groups is 2. The van der Waals surface area contributed by atoms with E-state index in [1.807, 2.05) is 0 Å². The zero-order chi connectivity index (χ0) is 25.7. The summed E-state index contributed by atoms with van der Waals surface area (Å²) in [4.78, 5) is 12.4. The monoisotopic (exact) mass is 505 g/mol. The maximum atomic E-state index is 12.4. The molecule has 202 valence electrons. The van der Waals surface area contributed by atoms with Crippen molar-refractivity contribution in [1.82, 2.24) is 5.32 Å². The lowest BCUT2D eigenvalue weighted by molar-refractivity contribution is -0.131. The van der Waals surface area contributed by atoms with Crippen LogP contribution in [0.25, 0.3) is 0 Å². The lowest BCUT2D eigenvalue weighted by Crippen LogP contribution is -2.50. The Morgan fingerprint density at radius 2 is 1.26 bits per heavy atom. The molecule has 0 saturated carbocycles. The molecule has 3 atom stereocenters. The zero-order valence-corrected chi connectivity index (χ0v) is 22.4. The number of hydrogen-bond donors (Lipinski definition) is 4. The van der Waals surface area contributed by atoms with Crippen LogP contribution >= 0.6 is 0 Å². The number of allylic oxidation sites excluding steroid dienone is 2. The van der Waals surface area contributed by atoms with Crippen molar-refractivity contribution in [3.05, 3.63) is 12.2 Å². The van der Waals surface area contributed by atoms with Crippen LogP contribution < -0.4 is 5.32 Å². The number of amides is 1. The van der Waals surface area contributed by atoms with Crippen LogP contribution in [0.4, 0.5) is 0 Å². The lowest BCUT2D eigenvalue weighted by atomic mass is 10.0. The van der Waals surface area contributed by atoms with Crippen molar-refractivity contribution in [2.45, 2.75) is 141 Å². The summed E-state index contributed by atoms with van der Waals surface area (Å²) in [6.45, 7) is 4.34. The predicted octanol–water partition coefficient (Wildman–Crippen LogP) is 5.31. The molecule has 3 unspecified atom stereocenters. The first-order chi connectivity index (χ1) is 16.2. The molecule has 0 aromatic heterocycles. The standard InChI is InChI=1S/C26H51NO6S/c1-3-5-7-9-11-12-13-15-17-19-21-25(29)26(30)27-23(22-34(31,32)33)24(28)20-18-16-14-10-8-6-4-2/h9,11,23-25,28-29H,3-8,10,12-22H2,1-2H3,(H,27,30)(H,31,32,33)/b11-9-. The van der Waals surface area contributed by atoms with Crippen LogP contribution in [0.15, 0.2) is 12.2 Å². The summed E-state index contributed by atoms with van der Waals surface area (Å²) in [6, 6.07) is -1.14. The Labute approximate surface area is 208 Å². The summed E-state index contributed by atoms with van der Waals surface area (Å²) >= 11 is 0. The highest BCUT2D eigenvalue weighted by molar-refractivity contribution is 7.85. The van der Waals surface area contributed by atoms with Crippen molar-refractivity contribution in [2.24, 2.45) is 0 Å². The maximum absolute atomic E-state index is 12.4. The zero-order valence-electron chi connectivity index (χ0n) is 21.6. The quantitative estimate of drug-likeness (QED) is 0.0847. The van der Waals surface area contributed by atoms with Gasteiger partial charge in [0, 0.05) is 0 Å². The number of hydrogen-bond acceptors (Lipinski definition) is 5. The number of carbonyl (C=O) groups is 1. The summed E-state index contributed by atoms with van der Waals surface area (Å²) in [5.41, 5.74) is 0. The van der Waals surface area contributed by atoms with Gasteiger partial charge in [-0.05, 0) is 32.1 Å². The number of unbranched alkanes of at least 4 members (excludes halogenated alkanes) is 12. The van der Waals surface area contributed by atoms with Crippen molar-refractivity contribution in [1.29, 1.82) is 0 Å². The Morgan fingerprint density at radius 3 is 1.85 bits per heavy atom. The number of nitrogens with one attached hydrogen (secondary N) is 1. The molecule has 0 saturated heterocycles. The third-order valence-electron chi connectivity index (χ3n) is 6.08. The molecule has 0 radical (unpaired) electrons. The Kier molecular flexibility index (Phi) is 20.7. The van der Waals surface area contributed by atoms with Gasteiger partial charge in [0.25, 0.3) is 10.1 Å². The minimum Gasteiger partial charge on any atom is -0.391 e. The molecule has 0 heterocycles. The Morgan fingerprint density at radius 1 is 0.765 bits per heavy atom. The molecule has 0 aromatic carbocycles. The van der Waals surface area contributed by atoms with Gasteiger partial charge in [0.15, 0.2) is 0 Å². The molecule has 4 N–H and O–H groups in total. The minimum absolute atomic E-state index is 0.282. The Bertz CT molecular complexity index is 623. The smallest absolute Gasteiger partial charge is 0.266 e. The van der Waals surface area contributed by atoms with Crippen molar-refractivity contribution >= 4 is 16.0 Å². The highest BCUT2D eigenvalue weighted by Gasteiger charge is 2.28. The molecule has 7 nitrogen and oxygen atoms in total. The first kappa shape index (κ1) is 33.0. The maximum Gasteiger partial charge on any atom is 0.266 e. The Balaban J connectivity index is 4.28. The summed E-state index contributed by atoms with van der Waals surface area (Å²) in [6.07, 6.45) is 18.4. The van der Waals surface area contributed by atoms with Gasteiger partial charge in [-0.25, -0.2) is 0 Å². The van der Waals surface area contributed by atoms with Gasteiger partial charge in [-0.2, -0.15) is 8.42 Å². The van der Waals surface area contributed by atoms with Gasteiger partial charge in [0.05, 0.1) is 17.9 Å². The van der Waals surface area contributed by atoms with E-state index in [2.05, 4.69) is 31.3 Å². The van der Waals surface area contributed by atoms with E-state index in [0.717, 1.165) is 51.4 Å². The summed E-state index contributed by atoms with van der Waals surface area (Å²) in [5.74, 6) is -1.47. The molecule has 0 aliphatic carbocycles. The Hall–Kier alpha value is -0.960. The van der Waals surface area contributed by atoms with E-state index in [4.69, 9.17) is 0 Å². The van der Waals surface area contributed by atoms with Gasteiger partial charge >= 0.3 is 0 Å². The molecule has 0 fully saturated rings. The molecule has 0 aliphatic heterocycles. The summed E-state index contributed by atoms with van der Waals surface area (Å²) in [5, 5.41) is 23.0. The SMILES string of the molecule is CCCC/C=C\CCCCCCC(O)C(=O)NC(CS(=O)(=O)O)C(O)CCCCCCCCC. The largest absolute Gasteiger partial charge is 0.391 e. The first-order valence-electron chi connectivity index (χ1n) is 13.5. The molecular formula is C26H51NO6S. The van der Waals surface area contributed by atoms with Crippen molar-refractivity contribution in [3.8, 4) is 0 Å². The molecule has 0 bridgehead atoms. The van der Waals surface area contributed by atoms with Crippen LogP contribution in [0.1, 0.15) is 123 Å². The summed E-state index contributed by atoms with van der Waals surface area (Å²) < 4.78 is 32.0. The van der Waals surface area contributed by atoms with Crippen LogP contribution in [0.3, 0.4) is 0 Å². The van der Waals surface area contributed by atoms with Gasteiger partial charge in [0.2, 0.25) is 5.91 Å². The van der Waals surface area contributed by atoms with Crippen LogP contribution in [0.2, 0.25) is 0 Å². The fourth-order valence-corrected chi connectivity index (χ4v) is 4.67. The predicted molar refractivity (Wildman–Crippen MR) is 139 cm³/mol. The molecule has 0 aliphatic rings. The van der Waals surface area contributed by atoms with E-state index in [1.165, 1.54) is 32.1 Å². The van der Waals surface area contributed by atoms with Crippen molar-refractivity contribution < 1.29 is 28.0 Å². The average Bonchev–Trinajstić information content (AvgIpc) is 2.78. The second kappa shape index (κ2) is 21.3. The number of aliphatic hydroxyl groups excluding tert-OH is 2. The van der Waals surface area contributed by atoms with E-state index in [9.17, 15) is 28.0 Å². The fraction of sp³-hybridized carbons (Fsp3) is 0.885. The molecule has 34 heavy (non-hydrogen) atoms. The van der Waals surface area contributed by atoms with Crippen molar-refractivity contribution in [2.75, 3.05) is 5.75 Å². The molecule has 1 amide bonds. The van der Waals surface area contributed by atoms with E-state index in [1.54, 1.807) is 0 Å². The van der Waals surface area contributed by atoms with Gasteiger partial charge in [0.1, 0.15) is 6.10 Å². The van der Waals surface area contributed by atoms with Crippen LogP contribution in [-0.4, -0.2) is 53.1 Å². The fourth-order valence-electron chi connectivity index (χ4n) is 3.91. The first-order valence-corrected chi connectivity index (χ1v) is 15.1. The van der Waals surface area contributed by atoms with Gasteiger partial charge in [-0.3, -0.25) is 9.35 Å². The number of rotatable bonds is 23. The molecule has 0 rings (SSSR count). The highest BCUT2D eigenvalue weighted by Crippen LogP contribution is 2.13. The third-order valence-corrected chi connectivity index (χ3v) is 6.86. The van der Waals surface area contributed by atoms with E-state index >= 15 is 0 Å². The van der Waals surface area contributed by atoms with Crippen LogP contribution in [-0.2, 0) is 14.9 Å². The molecule has 8 heteroatoms. The number of carbonyl (C=O) groups excluding carboxylic acids is 1. The lowest BCUT2D eigenvalue weighted by Gasteiger charge is -2.24. The molecule has 0 aromatic rings. The van der Waals surface area contributed by atoms with Crippen molar-refractivity contribution in [3.63, 3.8) is 0 Å². The van der Waals surface area contributed by atoms with E-state index in [-0.39, 0.29) is 6.42 Å². The topological polar surface area (TPSA) is 124 Å². The molecular weight excluding hydrogens is 454 g/mol. The second-order valence-electron chi connectivity index (χ2n) is 9.46. The minimum atomic E-state index is -4.38. The van der Waals surface area contributed by atoms with Crippen LogP contribution in [0, 0.1) is 0 Å². The van der Waals surface area contributed by atoms with Gasteiger partial charge in [-0.15, -0.1) is 0 Å².